The molecule has 7 nitrogen and oxygen atoms in total. The smallest absolute Gasteiger partial charge is 0.269 e. The summed E-state index contributed by atoms with van der Waals surface area (Å²) >= 11 is 0. The number of carbonyl (C=O) groups excluding carboxylic acids is 1. The van der Waals surface area contributed by atoms with Gasteiger partial charge in [-0.3, -0.25) is 14.9 Å². The van der Waals surface area contributed by atoms with Gasteiger partial charge in [0.05, 0.1) is 17.4 Å². The van der Waals surface area contributed by atoms with Crippen LogP contribution in [0.5, 0.6) is 5.75 Å². The summed E-state index contributed by atoms with van der Waals surface area (Å²) in [6.45, 7) is 3.40. The zero-order chi connectivity index (χ0) is 19.3. The van der Waals surface area contributed by atoms with Crippen molar-refractivity contribution in [2.45, 2.75) is 26.3 Å². The van der Waals surface area contributed by atoms with Crippen molar-refractivity contribution < 1.29 is 19.9 Å². The normalized spacial score (nSPS) is 12.0. The van der Waals surface area contributed by atoms with Crippen LogP contribution in [0.2, 0.25) is 0 Å². The first-order valence-corrected chi connectivity index (χ1v) is 8.29. The molecule has 0 aromatic heterocycles. The third-order valence-electron chi connectivity index (χ3n) is 4.08. The van der Waals surface area contributed by atoms with Gasteiger partial charge >= 0.3 is 0 Å². The van der Waals surface area contributed by atoms with Crippen LogP contribution in [-0.2, 0) is 11.2 Å². The highest BCUT2D eigenvalue weighted by molar-refractivity contribution is 5.95. The van der Waals surface area contributed by atoms with Gasteiger partial charge in [0.25, 0.3) is 5.69 Å². The first kappa shape index (κ1) is 19.4. The lowest BCUT2D eigenvalue weighted by Crippen LogP contribution is -2.43. The highest BCUT2D eigenvalue weighted by Crippen LogP contribution is 2.24. The van der Waals surface area contributed by atoms with E-state index in [1.165, 1.54) is 24.3 Å². The van der Waals surface area contributed by atoms with Crippen molar-refractivity contribution in [3.63, 3.8) is 0 Å². The molecule has 0 fully saturated rings. The molecule has 1 amide bonds. The summed E-state index contributed by atoms with van der Waals surface area (Å²) in [6.07, 6.45) is 0.272. The van der Waals surface area contributed by atoms with Crippen molar-refractivity contribution >= 4 is 17.3 Å². The summed E-state index contributed by atoms with van der Waals surface area (Å²) in [5.74, 6) is -0.811. The minimum absolute atomic E-state index is 0.0199. The number of phenolic OH excluding ortho intramolecular Hbond substituents is 1. The van der Waals surface area contributed by atoms with E-state index >= 15 is 0 Å². The molecule has 0 aliphatic heterocycles. The predicted octanol–water partition coefficient (Wildman–Crippen LogP) is 2.89. The molecule has 1 atom stereocenters. The topological polar surface area (TPSA) is 104 Å². The van der Waals surface area contributed by atoms with Crippen LogP contribution in [0.3, 0.4) is 0 Å². The molecule has 0 bridgehead atoms. The highest BCUT2D eigenvalue weighted by Gasteiger charge is 2.27. The number of aromatic hydroxyl groups is 1. The van der Waals surface area contributed by atoms with Crippen LogP contribution in [-0.4, -0.2) is 33.7 Å². The maximum atomic E-state index is 13.0. The molecule has 0 spiro atoms. The minimum Gasteiger partial charge on any atom is -0.508 e. The predicted molar refractivity (Wildman–Crippen MR) is 98.1 cm³/mol. The number of nitro groups is 1. The third-order valence-corrected chi connectivity index (χ3v) is 4.08. The number of amides is 1. The Hall–Kier alpha value is -2.93. The van der Waals surface area contributed by atoms with Gasteiger partial charge in [0.2, 0.25) is 5.91 Å². The van der Waals surface area contributed by atoms with Crippen molar-refractivity contribution in [2.24, 2.45) is 5.92 Å². The Labute approximate surface area is 151 Å². The van der Waals surface area contributed by atoms with Gasteiger partial charge in [-0.2, -0.15) is 0 Å². The summed E-state index contributed by atoms with van der Waals surface area (Å²) in [5.41, 5.74) is 1.34. The molecule has 2 aromatic rings. The van der Waals surface area contributed by atoms with Gasteiger partial charge in [-0.05, 0) is 50.1 Å². The molecular formula is C19H22N2O5. The van der Waals surface area contributed by atoms with Gasteiger partial charge < -0.3 is 15.1 Å². The zero-order valence-electron chi connectivity index (χ0n) is 14.7. The van der Waals surface area contributed by atoms with E-state index in [1.54, 1.807) is 29.2 Å². The Balaban J connectivity index is 2.21. The van der Waals surface area contributed by atoms with Crippen LogP contribution >= 0.6 is 0 Å². The fourth-order valence-corrected chi connectivity index (χ4v) is 2.76. The Morgan fingerprint density at radius 1 is 1.12 bits per heavy atom. The van der Waals surface area contributed by atoms with Crippen LogP contribution in [0.4, 0.5) is 11.4 Å². The molecule has 0 aliphatic carbocycles. The number of rotatable bonds is 7. The van der Waals surface area contributed by atoms with E-state index in [0.717, 1.165) is 5.56 Å². The Morgan fingerprint density at radius 2 is 1.69 bits per heavy atom. The van der Waals surface area contributed by atoms with Crippen LogP contribution in [0.15, 0.2) is 48.5 Å². The zero-order valence-corrected chi connectivity index (χ0v) is 14.7. The standard InChI is InChI=1S/C19H22N2O5/c1-13(2)20(16-7-9-18(23)10-8-16)19(24)15(12-22)11-14-3-5-17(6-4-14)21(25)26/h3-10,13,15,22-23H,11-12H2,1-2H3. The molecule has 0 radical (unpaired) electrons. The minimum atomic E-state index is -0.673. The Bertz CT molecular complexity index is 757. The lowest BCUT2D eigenvalue weighted by atomic mass is 9.97. The van der Waals surface area contributed by atoms with E-state index in [2.05, 4.69) is 0 Å². The summed E-state index contributed by atoms with van der Waals surface area (Å²) < 4.78 is 0. The molecule has 2 aromatic carbocycles. The lowest BCUT2D eigenvalue weighted by molar-refractivity contribution is -0.384. The number of aliphatic hydroxyl groups is 1. The SMILES string of the molecule is CC(C)N(C(=O)C(CO)Cc1ccc([N+](=O)[O-])cc1)c1ccc(O)cc1. The first-order valence-electron chi connectivity index (χ1n) is 8.29. The van der Waals surface area contributed by atoms with E-state index in [9.17, 15) is 25.1 Å². The maximum absolute atomic E-state index is 13.0. The van der Waals surface area contributed by atoms with Crippen molar-refractivity contribution in [1.82, 2.24) is 0 Å². The average molecular weight is 358 g/mol. The number of benzene rings is 2. The summed E-state index contributed by atoms with van der Waals surface area (Å²) in [4.78, 5) is 24.8. The summed E-state index contributed by atoms with van der Waals surface area (Å²) in [5, 5.41) is 29.9. The van der Waals surface area contributed by atoms with E-state index in [1.807, 2.05) is 13.8 Å². The van der Waals surface area contributed by atoms with E-state index < -0.39 is 10.8 Å². The van der Waals surface area contributed by atoms with Crippen molar-refractivity contribution in [3.8, 4) is 5.75 Å². The second-order valence-electron chi connectivity index (χ2n) is 6.33. The monoisotopic (exact) mass is 358 g/mol. The fourth-order valence-electron chi connectivity index (χ4n) is 2.76. The molecule has 0 heterocycles. The largest absolute Gasteiger partial charge is 0.508 e. The second kappa shape index (κ2) is 8.44. The molecule has 2 N–H and O–H groups in total. The number of phenols is 1. The number of hydrogen-bond donors (Lipinski definition) is 2. The highest BCUT2D eigenvalue weighted by atomic mass is 16.6. The van der Waals surface area contributed by atoms with Gasteiger partial charge in [0.1, 0.15) is 5.75 Å². The van der Waals surface area contributed by atoms with Crippen molar-refractivity contribution in [2.75, 3.05) is 11.5 Å². The molecule has 138 valence electrons. The third kappa shape index (κ3) is 4.58. The first-order chi connectivity index (χ1) is 12.3. The van der Waals surface area contributed by atoms with E-state index in [0.29, 0.717) is 5.69 Å². The lowest BCUT2D eigenvalue weighted by Gasteiger charge is -2.30. The Morgan fingerprint density at radius 3 is 2.15 bits per heavy atom. The van der Waals surface area contributed by atoms with Crippen LogP contribution in [0, 0.1) is 16.0 Å². The van der Waals surface area contributed by atoms with Crippen molar-refractivity contribution in [1.29, 1.82) is 0 Å². The number of carbonyl (C=O) groups is 1. The van der Waals surface area contributed by atoms with Crippen molar-refractivity contribution in [3.05, 3.63) is 64.2 Å². The molecule has 2 rings (SSSR count). The summed E-state index contributed by atoms with van der Waals surface area (Å²) in [6, 6.07) is 12.1. The van der Waals surface area contributed by atoms with E-state index in [4.69, 9.17) is 0 Å². The van der Waals surface area contributed by atoms with E-state index in [-0.39, 0.29) is 36.4 Å². The fraction of sp³-hybridized carbons (Fsp3) is 0.316. The number of nitro benzene ring substituents is 1. The average Bonchev–Trinajstić information content (AvgIpc) is 2.61. The van der Waals surface area contributed by atoms with Gasteiger partial charge in [-0.1, -0.05) is 12.1 Å². The molecule has 0 saturated heterocycles. The molecular weight excluding hydrogens is 336 g/mol. The number of aliphatic hydroxyl groups excluding tert-OH is 1. The molecule has 7 heteroatoms. The molecule has 1 unspecified atom stereocenters. The van der Waals surface area contributed by atoms with Gasteiger partial charge in [0, 0.05) is 23.9 Å². The van der Waals surface area contributed by atoms with Crippen LogP contribution < -0.4 is 4.90 Å². The number of non-ortho nitro benzene ring substituents is 1. The molecule has 0 saturated carbocycles. The van der Waals surface area contributed by atoms with Crippen LogP contribution in [0.25, 0.3) is 0 Å². The summed E-state index contributed by atoms with van der Waals surface area (Å²) in [7, 11) is 0. The molecule has 0 aliphatic rings. The van der Waals surface area contributed by atoms with Gasteiger partial charge in [-0.25, -0.2) is 0 Å². The number of nitrogens with zero attached hydrogens (tertiary/aromatic N) is 2. The van der Waals surface area contributed by atoms with Gasteiger partial charge in [0.15, 0.2) is 0 Å². The van der Waals surface area contributed by atoms with Gasteiger partial charge in [-0.15, -0.1) is 0 Å². The maximum Gasteiger partial charge on any atom is 0.269 e. The second-order valence-corrected chi connectivity index (χ2v) is 6.33. The quantitative estimate of drug-likeness (QED) is 0.585. The number of anilines is 1. The Kier molecular flexibility index (Phi) is 6.30. The molecule has 26 heavy (non-hydrogen) atoms. The number of hydrogen-bond acceptors (Lipinski definition) is 5. The van der Waals surface area contributed by atoms with Crippen LogP contribution in [0.1, 0.15) is 19.4 Å².